The number of likely N-dealkylation sites (tertiary alicyclic amines) is 1. The fourth-order valence-corrected chi connectivity index (χ4v) is 2.20. The zero-order valence-corrected chi connectivity index (χ0v) is 10.5. The van der Waals surface area contributed by atoms with Gasteiger partial charge in [-0.3, -0.25) is 9.88 Å². The van der Waals surface area contributed by atoms with Crippen LogP contribution in [0.25, 0.3) is 0 Å². The third-order valence-electron chi connectivity index (χ3n) is 3.13. The Bertz CT molecular complexity index is 313. The third kappa shape index (κ3) is 3.17. The molecule has 0 aliphatic carbocycles. The van der Waals surface area contributed by atoms with Crippen LogP contribution in [0.4, 0.5) is 0 Å². The van der Waals surface area contributed by atoms with Crippen molar-refractivity contribution in [3.8, 4) is 0 Å². The van der Waals surface area contributed by atoms with Gasteiger partial charge in [0.1, 0.15) is 0 Å². The molecule has 1 fully saturated rings. The van der Waals surface area contributed by atoms with Gasteiger partial charge < -0.3 is 5.73 Å². The summed E-state index contributed by atoms with van der Waals surface area (Å²) in [6.07, 6.45) is 4.50. The van der Waals surface area contributed by atoms with E-state index in [0.29, 0.717) is 6.04 Å². The SMILES string of the molecule is Cc1ccc(CN2CCCC2CN)cn1.Cl. The highest BCUT2D eigenvalue weighted by molar-refractivity contribution is 5.85. The monoisotopic (exact) mass is 241 g/mol. The Labute approximate surface area is 103 Å². The van der Waals surface area contributed by atoms with Crippen LogP contribution < -0.4 is 5.73 Å². The zero-order chi connectivity index (χ0) is 10.7. The van der Waals surface area contributed by atoms with E-state index in [0.717, 1.165) is 18.8 Å². The molecule has 1 aromatic heterocycles. The molecule has 1 aliphatic rings. The summed E-state index contributed by atoms with van der Waals surface area (Å²) < 4.78 is 0. The molecule has 0 radical (unpaired) electrons. The Morgan fingerprint density at radius 3 is 2.94 bits per heavy atom. The molecular weight excluding hydrogens is 222 g/mol. The van der Waals surface area contributed by atoms with E-state index in [1.165, 1.54) is 24.9 Å². The first-order valence-electron chi connectivity index (χ1n) is 5.65. The Morgan fingerprint density at radius 1 is 1.50 bits per heavy atom. The molecule has 1 aromatic rings. The van der Waals surface area contributed by atoms with Crippen molar-refractivity contribution in [3.05, 3.63) is 29.6 Å². The van der Waals surface area contributed by atoms with Crippen LogP contribution in [0, 0.1) is 6.92 Å². The molecule has 0 saturated carbocycles. The van der Waals surface area contributed by atoms with E-state index in [9.17, 15) is 0 Å². The second kappa shape index (κ2) is 6.18. The quantitative estimate of drug-likeness (QED) is 0.877. The second-order valence-corrected chi connectivity index (χ2v) is 4.31. The van der Waals surface area contributed by atoms with Gasteiger partial charge in [-0.2, -0.15) is 0 Å². The number of nitrogens with two attached hydrogens (primary N) is 1. The number of halogens is 1. The van der Waals surface area contributed by atoms with Gasteiger partial charge in [0, 0.05) is 31.0 Å². The molecule has 0 bridgehead atoms. The van der Waals surface area contributed by atoms with Crippen LogP contribution in [0.5, 0.6) is 0 Å². The highest BCUT2D eigenvalue weighted by Gasteiger charge is 2.22. The lowest BCUT2D eigenvalue weighted by Gasteiger charge is -2.22. The Kier molecular flexibility index (Phi) is 5.19. The molecule has 0 amide bonds. The van der Waals surface area contributed by atoms with E-state index < -0.39 is 0 Å². The van der Waals surface area contributed by atoms with Crippen molar-refractivity contribution in [2.75, 3.05) is 13.1 Å². The Morgan fingerprint density at radius 2 is 2.31 bits per heavy atom. The minimum Gasteiger partial charge on any atom is -0.329 e. The van der Waals surface area contributed by atoms with Crippen LogP contribution in [-0.2, 0) is 6.54 Å². The predicted octanol–water partition coefficient (Wildman–Crippen LogP) is 1.73. The Balaban J connectivity index is 0.00000128. The summed E-state index contributed by atoms with van der Waals surface area (Å²) in [5, 5.41) is 0. The van der Waals surface area contributed by atoms with E-state index in [1.54, 1.807) is 0 Å². The zero-order valence-electron chi connectivity index (χ0n) is 9.72. The molecular formula is C12H20ClN3. The van der Waals surface area contributed by atoms with Gasteiger partial charge in [-0.1, -0.05) is 6.07 Å². The number of aryl methyl sites for hydroxylation is 1. The van der Waals surface area contributed by atoms with Gasteiger partial charge in [-0.05, 0) is 37.9 Å². The van der Waals surface area contributed by atoms with E-state index in [2.05, 4.69) is 22.0 Å². The van der Waals surface area contributed by atoms with Crippen molar-refractivity contribution in [1.82, 2.24) is 9.88 Å². The first-order chi connectivity index (χ1) is 7.29. The second-order valence-electron chi connectivity index (χ2n) is 4.31. The van der Waals surface area contributed by atoms with Crippen LogP contribution in [0.1, 0.15) is 24.1 Å². The maximum Gasteiger partial charge on any atom is 0.0372 e. The summed E-state index contributed by atoms with van der Waals surface area (Å²) in [5.74, 6) is 0. The van der Waals surface area contributed by atoms with Gasteiger partial charge in [0.25, 0.3) is 0 Å². The summed E-state index contributed by atoms with van der Waals surface area (Å²) in [6.45, 7) is 4.96. The summed E-state index contributed by atoms with van der Waals surface area (Å²) in [4.78, 5) is 6.78. The number of nitrogens with zero attached hydrogens (tertiary/aromatic N) is 2. The maximum absolute atomic E-state index is 5.74. The van der Waals surface area contributed by atoms with Gasteiger partial charge in [0.2, 0.25) is 0 Å². The normalized spacial score (nSPS) is 20.8. The number of rotatable bonds is 3. The maximum atomic E-state index is 5.74. The molecule has 16 heavy (non-hydrogen) atoms. The van der Waals surface area contributed by atoms with Crippen LogP contribution in [0.3, 0.4) is 0 Å². The molecule has 4 heteroatoms. The van der Waals surface area contributed by atoms with E-state index >= 15 is 0 Å². The third-order valence-corrected chi connectivity index (χ3v) is 3.13. The molecule has 0 aromatic carbocycles. The smallest absolute Gasteiger partial charge is 0.0372 e. The lowest BCUT2D eigenvalue weighted by atomic mass is 10.2. The van der Waals surface area contributed by atoms with Crippen LogP contribution in [0.2, 0.25) is 0 Å². The molecule has 90 valence electrons. The highest BCUT2D eigenvalue weighted by atomic mass is 35.5. The van der Waals surface area contributed by atoms with E-state index in [4.69, 9.17) is 5.73 Å². The molecule has 2 heterocycles. The number of pyridine rings is 1. The Hall–Kier alpha value is -0.640. The summed E-state index contributed by atoms with van der Waals surface area (Å²) in [7, 11) is 0. The molecule has 1 saturated heterocycles. The summed E-state index contributed by atoms with van der Waals surface area (Å²) >= 11 is 0. The lowest BCUT2D eigenvalue weighted by molar-refractivity contribution is 0.250. The van der Waals surface area contributed by atoms with Crippen LogP contribution in [0.15, 0.2) is 18.3 Å². The minimum atomic E-state index is 0. The highest BCUT2D eigenvalue weighted by Crippen LogP contribution is 2.18. The van der Waals surface area contributed by atoms with Gasteiger partial charge in [0.05, 0.1) is 0 Å². The first kappa shape index (κ1) is 13.4. The number of hydrogen-bond acceptors (Lipinski definition) is 3. The molecule has 1 unspecified atom stereocenters. The van der Waals surface area contributed by atoms with Gasteiger partial charge >= 0.3 is 0 Å². The molecule has 3 nitrogen and oxygen atoms in total. The van der Waals surface area contributed by atoms with E-state index in [-0.39, 0.29) is 12.4 Å². The van der Waals surface area contributed by atoms with Crippen molar-refractivity contribution in [2.45, 2.75) is 32.4 Å². The average Bonchev–Trinajstić information content (AvgIpc) is 2.69. The van der Waals surface area contributed by atoms with Gasteiger partial charge in [-0.15, -0.1) is 12.4 Å². The van der Waals surface area contributed by atoms with Gasteiger partial charge in [0.15, 0.2) is 0 Å². The van der Waals surface area contributed by atoms with Crippen molar-refractivity contribution >= 4 is 12.4 Å². The fourth-order valence-electron chi connectivity index (χ4n) is 2.20. The largest absolute Gasteiger partial charge is 0.329 e. The standard InChI is InChI=1S/C12H19N3.ClH/c1-10-4-5-11(8-14-10)9-15-6-2-3-12(15)7-13;/h4-5,8,12H,2-3,6-7,9,13H2,1H3;1H. The first-order valence-corrected chi connectivity index (χ1v) is 5.65. The lowest BCUT2D eigenvalue weighted by Crippen LogP contribution is -2.34. The summed E-state index contributed by atoms with van der Waals surface area (Å²) in [6, 6.07) is 4.81. The number of aromatic nitrogens is 1. The average molecular weight is 242 g/mol. The van der Waals surface area contributed by atoms with Crippen molar-refractivity contribution < 1.29 is 0 Å². The predicted molar refractivity (Wildman–Crippen MR) is 68.7 cm³/mol. The van der Waals surface area contributed by atoms with Crippen molar-refractivity contribution in [1.29, 1.82) is 0 Å². The van der Waals surface area contributed by atoms with Crippen molar-refractivity contribution in [3.63, 3.8) is 0 Å². The molecule has 2 N–H and O–H groups in total. The molecule has 2 rings (SSSR count). The van der Waals surface area contributed by atoms with E-state index in [1.807, 2.05) is 13.1 Å². The molecule has 1 aliphatic heterocycles. The fraction of sp³-hybridized carbons (Fsp3) is 0.583. The van der Waals surface area contributed by atoms with Gasteiger partial charge in [-0.25, -0.2) is 0 Å². The van der Waals surface area contributed by atoms with Crippen molar-refractivity contribution in [2.24, 2.45) is 5.73 Å². The number of hydrogen-bond donors (Lipinski definition) is 1. The summed E-state index contributed by atoms with van der Waals surface area (Å²) in [5.41, 5.74) is 8.12. The minimum absolute atomic E-state index is 0. The molecule has 1 atom stereocenters. The molecule has 0 spiro atoms. The van der Waals surface area contributed by atoms with Crippen LogP contribution >= 0.6 is 12.4 Å². The topological polar surface area (TPSA) is 42.1 Å². The van der Waals surface area contributed by atoms with Crippen LogP contribution in [-0.4, -0.2) is 29.0 Å².